The van der Waals surface area contributed by atoms with Crippen molar-refractivity contribution >= 4 is 11.6 Å². The first-order chi connectivity index (χ1) is 5.74. The molecule has 72 valence electrons. The third-order valence-corrected chi connectivity index (χ3v) is 3.34. The molecule has 1 nitrogen and oxygen atoms in total. The Labute approximate surface area is 81.1 Å². The van der Waals surface area contributed by atoms with Crippen molar-refractivity contribution in [2.45, 2.75) is 38.6 Å². The van der Waals surface area contributed by atoms with Gasteiger partial charge in [-0.3, -0.25) is 0 Å². The van der Waals surface area contributed by atoms with Crippen LogP contribution in [-0.2, 0) is 0 Å². The van der Waals surface area contributed by atoms with Crippen molar-refractivity contribution in [3.63, 3.8) is 0 Å². The third-order valence-electron chi connectivity index (χ3n) is 2.81. The molecule has 0 aromatic heterocycles. The van der Waals surface area contributed by atoms with Gasteiger partial charge >= 0.3 is 0 Å². The summed E-state index contributed by atoms with van der Waals surface area (Å²) in [6.07, 6.45) is 5.63. The quantitative estimate of drug-likeness (QED) is 0.615. The van der Waals surface area contributed by atoms with Gasteiger partial charge in [0.1, 0.15) is 0 Å². The first kappa shape index (κ1) is 10.3. The van der Waals surface area contributed by atoms with Gasteiger partial charge in [0.25, 0.3) is 0 Å². The molecule has 0 heterocycles. The van der Waals surface area contributed by atoms with Crippen molar-refractivity contribution in [1.29, 1.82) is 0 Å². The first-order valence-corrected chi connectivity index (χ1v) is 5.53. The number of halogens is 1. The van der Waals surface area contributed by atoms with E-state index in [-0.39, 0.29) is 0 Å². The topological polar surface area (TPSA) is 3.24 Å². The Bertz CT molecular complexity index is 121. The lowest BCUT2D eigenvalue weighted by molar-refractivity contribution is 0.221. The summed E-state index contributed by atoms with van der Waals surface area (Å²) in [6, 6.07) is 0.843. The van der Waals surface area contributed by atoms with Gasteiger partial charge in [0.2, 0.25) is 0 Å². The van der Waals surface area contributed by atoms with Crippen LogP contribution in [0.4, 0.5) is 0 Å². The van der Waals surface area contributed by atoms with Crippen LogP contribution < -0.4 is 0 Å². The van der Waals surface area contributed by atoms with Crippen LogP contribution in [0.3, 0.4) is 0 Å². The minimum absolute atomic E-state index is 0.636. The molecule has 0 spiro atoms. The summed E-state index contributed by atoms with van der Waals surface area (Å²) in [5, 5.41) is 0. The lowest BCUT2D eigenvalue weighted by atomic mass is 10.1. The van der Waals surface area contributed by atoms with Crippen LogP contribution in [0, 0.1) is 5.92 Å². The van der Waals surface area contributed by atoms with Crippen molar-refractivity contribution in [2.75, 3.05) is 19.5 Å². The Hall–Kier alpha value is 0.250. The van der Waals surface area contributed by atoms with Gasteiger partial charge in [0.05, 0.1) is 0 Å². The summed E-state index contributed by atoms with van der Waals surface area (Å²) in [5.74, 6) is 1.43. The van der Waals surface area contributed by atoms with E-state index in [1.54, 1.807) is 0 Å². The standard InChI is InChI=1S/C10H20ClN/c1-9(7-11)8-12(2)10-5-3-4-6-10/h9-10H,3-8H2,1-2H3. The number of hydrogen-bond acceptors (Lipinski definition) is 1. The van der Waals surface area contributed by atoms with Gasteiger partial charge in [0.15, 0.2) is 0 Å². The van der Waals surface area contributed by atoms with Crippen molar-refractivity contribution in [3.8, 4) is 0 Å². The fraction of sp³-hybridized carbons (Fsp3) is 1.00. The fourth-order valence-electron chi connectivity index (χ4n) is 2.03. The molecule has 0 aromatic rings. The summed E-state index contributed by atoms with van der Waals surface area (Å²) < 4.78 is 0. The van der Waals surface area contributed by atoms with E-state index >= 15 is 0 Å². The van der Waals surface area contributed by atoms with Crippen molar-refractivity contribution in [2.24, 2.45) is 5.92 Å². The Morgan fingerprint density at radius 1 is 1.42 bits per heavy atom. The molecular formula is C10H20ClN. The largest absolute Gasteiger partial charge is 0.303 e. The maximum absolute atomic E-state index is 5.78. The summed E-state index contributed by atoms with van der Waals surface area (Å²) in [4.78, 5) is 2.49. The van der Waals surface area contributed by atoms with Gasteiger partial charge in [-0.1, -0.05) is 19.8 Å². The molecule has 1 aliphatic rings. The molecule has 1 aliphatic carbocycles. The van der Waals surface area contributed by atoms with Crippen LogP contribution in [0.2, 0.25) is 0 Å². The second-order valence-corrected chi connectivity index (χ2v) is 4.45. The molecule has 1 saturated carbocycles. The highest BCUT2D eigenvalue weighted by atomic mass is 35.5. The fourth-order valence-corrected chi connectivity index (χ4v) is 2.13. The van der Waals surface area contributed by atoms with Crippen LogP contribution in [0.15, 0.2) is 0 Å². The van der Waals surface area contributed by atoms with Gasteiger partial charge in [0, 0.05) is 18.5 Å². The molecule has 12 heavy (non-hydrogen) atoms. The minimum atomic E-state index is 0.636. The Kier molecular flexibility index (Phi) is 4.38. The monoisotopic (exact) mass is 189 g/mol. The van der Waals surface area contributed by atoms with Crippen LogP contribution in [0.5, 0.6) is 0 Å². The highest BCUT2D eigenvalue weighted by molar-refractivity contribution is 6.18. The number of rotatable bonds is 4. The maximum atomic E-state index is 5.78. The highest BCUT2D eigenvalue weighted by Gasteiger charge is 2.20. The molecule has 1 unspecified atom stereocenters. The smallest absolute Gasteiger partial charge is 0.0261 e. The zero-order chi connectivity index (χ0) is 8.97. The molecule has 2 heteroatoms. The molecule has 1 rings (SSSR count). The molecule has 0 N–H and O–H groups in total. The van der Waals surface area contributed by atoms with E-state index in [4.69, 9.17) is 11.6 Å². The SMILES string of the molecule is CC(CCl)CN(C)C1CCCC1. The van der Waals surface area contributed by atoms with Gasteiger partial charge < -0.3 is 4.90 Å². The second kappa shape index (κ2) is 5.08. The highest BCUT2D eigenvalue weighted by Crippen LogP contribution is 2.22. The molecule has 0 saturated heterocycles. The van der Waals surface area contributed by atoms with Crippen LogP contribution >= 0.6 is 11.6 Å². The van der Waals surface area contributed by atoms with E-state index in [2.05, 4.69) is 18.9 Å². The van der Waals surface area contributed by atoms with E-state index in [9.17, 15) is 0 Å². The first-order valence-electron chi connectivity index (χ1n) is 5.00. The Morgan fingerprint density at radius 2 is 2.00 bits per heavy atom. The molecule has 0 radical (unpaired) electrons. The normalized spacial score (nSPS) is 22.0. The Morgan fingerprint density at radius 3 is 2.50 bits per heavy atom. The van der Waals surface area contributed by atoms with Crippen LogP contribution in [0.1, 0.15) is 32.6 Å². The van der Waals surface area contributed by atoms with E-state index in [0.29, 0.717) is 5.92 Å². The van der Waals surface area contributed by atoms with Gasteiger partial charge in [-0.2, -0.15) is 0 Å². The molecular weight excluding hydrogens is 170 g/mol. The van der Waals surface area contributed by atoms with E-state index in [1.165, 1.54) is 25.7 Å². The molecule has 0 bridgehead atoms. The van der Waals surface area contributed by atoms with E-state index < -0.39 is 0 Å². The zero-order valence-electron chi connectivity index (χ0n) is 8.22. The van der Waals surface area contributed by atoms with E-state index in [0.717, 1.165) is 18.5 Å². The predicted octanol–water partition coefficient (Wildman–Crippen LogP) is 2.74. The minimum Gasteiger partial charge on any atom is -0.303 e. The lowest BCUT2D eigenvalue weighted by Gasteiger charge is -2.26. The summed E-state index contributed by atoms with van der Waals surface area (Å²) in [6.45, 7) is 3.38. The molecule has 0 aliphatic heterocycles. The number of nitrogens with zero attached hydrogens (tertiary/aromatic N) is 1. The average molecular weight is 190 g/mol. The molecule has 1 fully saturated rings. The summed E-state index contributed by atoms with van der Waals surface area (Å²) in [5.41, 5.74) is 0. The van der Waals surface area contributed by atoms with Gasteiger partial charge in [-0.15, -0.1) is 11.6 Å². The molecule has 0 amide bonds. The maximum Gasteiger partial charge on any atom is 0.0261 e. The average Bonchev–Trinajstić information content (AvgIpc) is 2.56. The molecule has 1 atom stereocenters. The van der Waals surface area contributed by atoms with Gasteiger partial charge in [-0.05, 0) is 25.8 Å². The summed E-state index contributed by atoms with van der Waals surface area (Å²) in [7, 11) is 2.24. The van der Waals surface area contributed by atoms with Crippen molar-refractivity contribution < 1.29 is 0 Å². The zero-order valence-corrected chi connectivity index (χ0v) is 8.98. The number of alkyl halides is 1. The van der Waals surface area contributed by atoms with E-state index in [1.807, 2.05) is 0 Å². The van der Waals surface area contributed by atoms with Crippen molar-refractivity contribution in [1.82, 2.24) is 4.90 Å². The van der Waals surface area contributed by atoms with Crippen LogP contribution in [0.25, 0.3) is 0 Å². The van der Waals surface area contributed by atoms with Gasteiger partial charge in [-0.25, -0.2) is 0 Å². The predicted molar refractivity (Wildman–Crippen MR) is 54.8 cm³/mol. The van der Waals surface area contributed by atoms with Crippen LogP contribution in [-0.4, -0.2) is 30.4 Å². The van der Waals surface area contributed by atoms with Crippen molar-refractivity contribution in [3.05, 3.63) is 0 Å². The lowest BCUT2D eigenvalue weighted by Crippen LogP contribution is -2.33. The third kappa shape index (κ3) is 2.95. The second-order valence-electron chi connectivity index (χ2n) is 4.14. The Balaban J connectivity index is 2.21. The number of hydrogen-bond donors (Lipinski definition) is 0. The summed E-state index contributed by atoms with van der Waals surface area (Å²) >= 11 is 5.78. The molecule has 0 aromatic carbocycles.